The summed E-state index contributed by atoms with van der Waals surface area (Å²) in [5.74, 6) is 0.846. The highest BCUT2D eigenvalue weighted by molar-refractivity contribution is 9.13. The molecule has 4 nitrogen and oxygen atoms in total. The monoisotopic (exact) mass is 395 g/mol. The van der Waals surface area contributed by atoms with Crippen molar-refractivity contribution >= 4 is 37.5 Å². The molecule has 0 saturated carbocycles. The fourth-order valence-electron chi connectivity index (χ4n) is 1.90. The molecule has 20 heavy (non-hydrogen) atoms. The maximum atomic E-state index is 5.55. The Morgan fingerprint density at radius 2 is 2.05 bits per heavy atom. The summed E-state index contributed by atoms with van der Waals surface area (Å²) in [6, 6.07) is 11.9. The van der Waals surface area contributed by atoms with Crippen LogP contribution in [-0.2, 0) is 6.54 Å². The van der Waals surface area contributed by atoms with Crippen molar-refractivity contribution in [2.24, 2.45) is 0 Å². The van der Waals surface area contributed by atoms with Crippen molar-refractivity contribution in [2.75, 3.05) is 5.32 Å². The molecule has 0 bridgehead atoms. The third-order valence-electron chi connectivity index (χ3n) is 2.80. The molecule has 0 spiro atoms. The minimum Gasteiger partial charge on any atom is -0.451 e. The lowest BCUT2D eigenvalue weighted by Gasteiger charge is -2.10. The van der Waals surface area contributed by atoms with Crippen LogP contribution in [0.4, 0.5) is 5.69 Å². The Labute approximate surface area is 133 Å². The number of benzene rings is 1. The number of halogens is 2. The van der Waals surface area contributed by atoms with Crippen LogP contribution >= 0.6 is 31.9 Å². The molecule has 0 amide bonds. The Bertz CT molecular complexity index is 688. The summed E-state index contributed by atoms with van der Waals surface area (Å²) >= 11 is 6.74. The molecule has 6 heteroatoms. The molecule has 0 fully saturated rings. The first-order valence-corrected chi connectivity index (χ1v) is 7.59. The number of hydrogen-bond donors (Lipinski definition) is 1. The lowest BCUT2D eigenvalue weighted by molar-refractivity contribution is 0.494. The molecule has 0 atom stereocenters. The first-order chi connectivity index (χ1) is 9.74. The molecule has 0 radical (unpaired) electrons. The van der Waals surface area contributed by atoms with Gasteiger partial charge in [0.1, 0.15) is 5.76 Å². The van der Waals surface area contributed by atoms with Crippen molar-refractivity contribution in [3.8, 4) is 5.69 Å². The van der Waals surface area contributed by atoms with E-state index in [1.807, 2.05) is 47.3 Å². The molecule has 1 aromatic carbocycles. The predicted octanol–water partition coefficient (Wildman–Crippen LogP) is 4.60. The first-order valence-electron chi connectivity index (χ1n) is 6.00. The molecule has 2 aromatic heterocycles. The summed E-state index contributed by atoms with van der Waals surface area (Å²) < 4.78 is 9.00. The Kier molecular flexibility index (Phi) is 3.93. The van der Waals surface area contributed by atoms with Crippen molar-refractivity contribution in [2.45, 2.75) is 6.54 Å². The molecule has 0 unspecified atom stereocenters. The van der Waals surface area contributed by atoms with Crippen LogP contribution in [0.25, 0.3) is 5.69 Å². The van der Waals surface area contributed by atoms with E-state index in [2.05, 4.69) is 42.3 Å². The maximum absolute atomic E-state index is 5.55. The molecule has 3 aromatic rings. The zero-order valence-electron chi connectivity index (χ0n) is 10.4. The highest BCUT2D eigenvalue weighted by Crippen LogP contribution is 2.27. The third kappa shape index (κ3) is 2.81. The van der Waals surface area contributed by atoms with Gasteiger partial charge < -0.3 is 9.73 Å². The van der Waals surface area contributed by atoms with Gasteiger partial charge in [-0.3, -0.25) is 0 Å². The quantitative estimate of drug-likeness (QED) is 0.700. The number of nitrogens with one attached hydrogen (secondary N) is 1. The van der Waals surface area contributed by atoms with Crippen LogP contribution in [0.5, 0.6) is 0 Å². The summed E-state index contributed by atoms with van der Waals surface area (Å²) in [4.78, 5) is 0. The second-order valence-corrected chi connectivity index (χ2v) is 5.73. The van der Waals surface area contributed by atoms with Crippen LogP contribution in [0.2, 0.25) is 0 Å². The van der Waals surface area contributed by atoms with E-state index in [4.69, 9.17) is 4.42 Å². The number of aromatic nitrogens is 2. The number of nitrogens with zero attached hydrogens (tertiary/aromatic N) is 2. The van der Waals surface area contributed by atoms with Gasteiger partial charge in [-0.1, -0.05) is 12.1 Å². The van der Waals surface area contributed by atoms with Crippen molar-refractivity contribution in [3.63, 3.8) is 0 Å². The van der Waals surface area contributed by atoms with E-state index in [0.717, 1.165) is 21.6 Å². The smallest absolute Gasteiger partial charge is 0.183 e. The Morgan fingerprint density at radius 3 is 2.75 bits per heavy atom. The van der Waals surface area contributed by atoms with E-state index in [1.165, 1.54) is 0 Å². The van der Waals surface area contributed by atoms with Crippen LogP contribution in [-0.4, -0.2) is 9.78 Å². The minimum atomic E-state index is 0.600. The molecule has 0 aliphatic heterocycles. The van der Waals surface area contributed by atoms with Gasteiger partial charge in [0.05, 0.1) is 22.4 Å². The molecule has 3 rings (SSSR count). The van der Waals surface area contributed by atoms with Gasteiger partial charge in [-0.2, -0.15) is 5.10 Å². The molecule has 0 aliphatic carbocycles. The number of para-hydroxylation sites is 2. The highest BCUT2D eigenvalue weighted by atomic mass is 79.9. The van der Waals surface area contributed by atoms with Gasteiger partial charge in [0.25, 0.3) is 0 Å². The van der Waals surface area contributed by atoms with E-state index in [9.17, 15) is 0 Å². The van der Waals surface area contributed by atoms with Gasteiger partial charge in [-0.15, -0.1) is 0 Å². The Morgan fingerprint density at radius 1 is 1.20 bits per heavy atom. The summed E-state index contributed by atoms with van der Waals surface area (Å²) in [5, 5.41) is 7.62. The molecule has 0 saturated heterocycles. The average Bonchev–Trinajstić information content (AvgIpc) is 3.08. The van der Waals surface area contributed by atoms with Crippen LogP contribution < -0.4 is 5.32 Å². The summed E-state index contributed by atoms with van der Waals surface area (Å²) in [7, 11) is 0. The minimum absolute atomic E-state index is 0.600. The largest absolute Gasteiger partial charge is 0.451 e. The van der Waals surface area contributed by atoms with E-state index in [0.29, 0.717) is 11.2 Å². The van der Waals surface area contributed by atoms with Crippen molar-refractivity contribution in [1.82, 2.24) is 9.78 Å². The lowest BCUT2D eigenvalue weighted by Crippen LogP contribution is -2.04. The molecule has 0 aliphatic rings. The van der Waals surface area contributed by atoms with Gasteiger partial charge in [0.15, 0.2) is 4.67 Å². The van der Waals surface area contributed by atoms with E-state index in [-0.39, 0.29) is 0 Å². The lowest BCUT2D eigenvalue weighted by atomic mass is 10.2. The highest BCUT2D eigenvalue weighted by Gasteiger charge is 2.08. The zero-order chi connectivity index (χ0) is 13.9. The summed E-state index contributed by atoms with van der Waals surface area (Å²) in [6.07, 6.45) is 3.68. The number of anilines is 1. The summed E-state index contributed by atoms with van der Waals surface area (Å²) in [6.45, 7) is 0.600. The van der Waals surface area contributed by atoms with Gasteiger partial charge in [0.2, 0.25) is 0 Å². The Balaban J connectivity index is 1.81. The average molecular weight is 397 g/mol. The molecular weight excluding hydrogens is 386 g/mol. The van der Waals surface area contributed by atoms with Crippen molar-refractivity contribution in [1.29, 1.82) is 0 Å². The molecule has 1 N–H and O–H groups in total. The van der Waals surface area contributed by atoms with Crippen LogP contribution in [0.3, 0.4) is 0 Å². The number of hydrogen-bond acceptors (Lipinski definition) is 3. The van der Waals surface area contributed by atoms with Gasteiger partial charge >= 0.3 is 0 Å². The van der Waals surface area contributed by atoms with Gasteiger partial charge in [-0.25, -0.2) is 4.68 Å². The predicted molar refractivity (Wildman–Crippen MR) is 85.0 cm³/mol. The third-order valence-corrected chi connectivity index (χ3v) is 4.51. The Hall–Kier alpha value is -1.53. The van der Waals surface area contributed by atoms with Crippen LogP contribution in [0, 0.1) is 0 Å². The normalized spacial score (nSPS) is 10.7. The van der Waals surface area contributed by atoms with Crippen molar-refractivity contribution < 1.29 is 4.42 Å². The zero-order valence-corrected chi connectivity index (χ0v) is 13.6. The fraction of sp³-hybridized carbons (Fsp3) is 0.0714. The van der Waals surface area contributed by atoms with Gasteiger partial charge in [0, 0.05) is 12.4 Å². The van der Waals surface area contributed by atoms with Crippen molar-refractivity contribution in [3.05, 3.63) is 63.7 Å². The van der Waals surface area contributed by atoms with Gasteiger partial charge in [-0.05, 0) is 56.1 Å². The SMILES string of the molecule is Brc1cc(CNc2ccccc2-n2cccn2)oc1Br. The molecule has 102 valence electrons. The maximum Gasteiger partial charge on any atom is 0.183 e. The topological polar surface area (TPSA) is 43.0 Å². The standard InChI is InChI=1S/C14H11Br2N3O/c15-11-8-10(20-14(11)16)9-17-12-4-1-2-5-13(12)19-7-3-6-18-19/h1-8,17H,9H2. The first kappa shape index (κ1) is 13.5. The van der Waals surface area contributed by atoms with E-state index in [1.54, 1.807) is 6.20 Å². The fourth-order valence-corrected chi connectivity index (χ4v) is 2.55. The summed E-state index contributed by atoms with van der Waals surface area (Å²) in [5.41, 5.74) is 2.00. The second kappa shape index (κ2) is 5.85. The molecular formula is C14H11Br2N3O. The molecule has 2 heterocycles. The van der Waals surface area contributed by atoms with Crippen LogP contribution in [0.15, 0.2) is 62.4 Å². The van der Waals surface area contributed by atoms with E-state index < -0.39 is 0 Å². The second-order valence-electron chi connectivity index (χ2n) is 4.16. The van der Waals surface area contributed by atoms with Crippen LogP contribution in [0.1, 0.15) is 5.76 Å². The van der Waals surface area contributed by atoms with E-state index >= 15 is 0 Å². The number of rotatable bonds is 4. The number of furan rings is 1.